The van der Waals surface area contributed by atoms with E-state index in [9.17, 15) is 0 Å². The second-order valence-corrected chi connectivity index (χ2v) is 9.53. The van der Waals surface area contributed by atoms with Crippen molar-refractivity contribution < 1.29 is 14.2 Å². The molecule has 0 radical (unpaired) electrons. The molecule has 4 rings (SSSR count). The highest BCUT2D eigenvalue weighted by atomic mass is 16.5. The van der Waals surface area contributed by atoms with Crippen molar-refractivity contribution in [3.8, 4) is 0 Å². The third-order valence-electron chi connectivity index (χ3n) is 6.51. The zero-order valence-corrected chi connectivity index (χ0v) is 20.4. The van der Waals surface area contributed by atoms with Crippen LogP contribution < -0.4 is 9.80 Å². The maximum Gasteiger partial charge on any atom is 0.0983 e. The first-order valence-electron chi connectivity index (χ1n) is 12.2. The SMILES string of the molecule is CC(C)c1ccc(N2CCOC(COCC(C)c3ccc(N4CCOC[C@H]4C)cn3)C2)cn1. The van der Waals surface area contributed by atoms with E-state index in [1.165, 1.54) is 0 Å². The summed E-state index contributed by atoms with van der Waals surface area (Å²) in [4.78, 5) is 14.0. The first kappa shape index (κ1) is 23.9. The van der Waals surface area contributed by atoms with Gasteiger partial charge in [-0.1, -0.05) is 20.8 Å². The molecule has 0 N–H and O–H groups in total. The van der Waals surface area contributed by atoms with E-state index in [1.807, 2.05) is 12.4 Å². The Morgan fingerprint density at radius 1 is 1.00 bits per heavy atom. The number of morpholine rings is 2. The third-order valence-corrected chi connectivity index (χ3v) is 6.51. The van der Waals surface area contributed by atoms with Crippen molar-refractivity contribution in [2.24, 2.45) is 0 Å². The first-order valence-corrected chi connectivity index (χ1v) is 12.2. The lowest BCUT2D eigenvalue weighted by molar-refractivity contribution is -0.0259. The molecule has 0 aliphatic carbocycles. The van der Waals surface area contributed by atoms with Gasteiger partial charge in [0.1, 0.15) is 0 Å². The largest absolute Gasteiger partial charge is 0.378 e. The molecule has 2 aromatic heterocycles. The summed E-state index contributed by atoms with van der Waals surface area (Å²) < 4.78 is 17.5. The summed E-state index contributed by atoms with van der Waals surface area (Å²) >= 11 is 0. The molecule has 180 valence electrons. The Bertz CT molecular complexity index is 859. The fraction of sp³-hybridized carbons (Fsp3) is 0.615. The Morgan fingerprint density at radius 2 is 1.76 bits per heavy atom. The molecule has 2 unspecified atom stereocenters. The fourth-order valence-corrected chi connectivity index (χ4v) is 4.41. The highest BCUT2D eigenvalue weighted by molar-refractivity contribution is 5.46. The molecule has 7 heteroatoms. The minimum atomic E-state index is 0.0638. The summed E-state index contributed by atoms with van der Waals surface area (Å²) in [6.07, 6.45) is 4.02. The molecule has 2 aliphatic rings. The molecule has 2 aromatic rings. The number of hydrogen-bond acceptors (Lipinski definition) is 7. The molecule has 33 heavy (non-hydrogen) atoms. The van der Waals surface area contributed by atoms with Crippen LogP contribution in [0.2, 0.25) is 0 Å². The van der Waals surface area contributed by atoms with Gasteiger partial charge in [-0.3, -0.25) is 9.97 Å². The Morgan fingerprint density at radius 3 is 2.45 bits per heavy atom. The van der Waals surface area contributed by atoms with Gasteiger partial charge in [-0.15, -0.1) is 0 Å². The quantitative estimate of drug-likeness (QED) is 0.600. The standard InChI is InChI=1S/C26H38N4O3/c1-19(2)25-7-5-22(13-27-25)29-9-12-33-24(15-29)18-32-16-20(3)26-8-6-23(14-28-26)30-10-11-31-17-21(30)4/h5-8,13-14,19-21,24H,9-12,15-18H2,1-4H3/t20?,21-,24?/m1/s1. The van der Waals surface area contributed by atoms with Gasteiger partial charge < -0.3 is 24.0 Å². The highest BCUT2D eigenvalue weighted by Crippen LogP contribution is 2.23. The second-order valence-electron chi connectivity index (χ2n) is 9.53. The van der Waals surface area contributed by atoms with Crippen molar-refractivity contribution in [3.63, 3.8) is 0 Å². The Kier molecular flexibility index (Phi) is 8.17. The van der Waals surface area contributed by atoms with Crippen LogP contribution in [0.5, 0.6) is 0 Å². The van der Waals surface area contributed by atoms with E-state index in [0.29, 0.717) is 31.8 Å². The van der Waals surface area contributed by atoms with Gasteiger partial charge in [-0.25, -0.2) is 0 Å². The van der Waals surface area contributed by atoms with Crippen LogP contribution in [0.25, 0.3) is 0 Å². The number of ether oxygens (including phenoxy) is 3. The van der Waals surface area contributed by atoms with Crippen LogP contribution in [0.4, 0.5) is 11.4 Å². The van der Waals surface area contributed by atoms with Gasteiger partial charge in [-0.05, 0) is 37.1 Å². The van der Waals surface area contributed by atoms with Gasteiger partial charge in [-0.2, -0.15) is 0 Å². The number of aromatic nitrogens is 2. The van der Waals surface area contributed by atoms with Crippen molar-refractivity contribution in [2.45, 2.75) is 51.7 Å². The summed E-state index contributed by atoms with van der Waals surface area (Å²) in [5, 5.41) is 0. The van der Waals surface area contributed by atoms with E-state index in [-0.39, 0.29) is 12.0 Å². The molecular formula is C26H38N4O3. The van der Waals surface area contributed by atoms with Crippen LogP contribution in [0.1, 0.15) is 50.9 Å². The number of anilines is 2. The van der Waals surface area contributed by atoms with E-state index < -0.39 is 0 Å². The minimum absolute atomic E-state index is 0.0638. The van der Waals surface area contributed by atoms with Crippen molar-refractivity contribution in [1.82, 2.24) is 9.97 Å². The monoisotopic (exact) mass is 454 g/mol. The summed E-state index contributed by atoms with van der Waals surface area (Å²) in [5.74, 6) is 0.675. The molecule has 0 spiro atoms. The number of hydrogen-bond donors (Lipinski definition) is 0. The molecule has 2 aliphatic heterocycles. The Balaban J connectivity index is 1.24. The van der Waals surface area contributed by atoms with E-state index in [4.69, 9.17) is 19.2 Å². The predicted molar refractivity (Wildman–Crippen MR) is 131 cm³/mol. The second kappa shape index (κ2) is 11.3. The fourth-order valence-electron chi connectivity index (χ4n) is 4.41. The Labute approximate surface area is 198 Å². The van der Waals surface area contributed by atoms with Crippen molar-refractivity contribution in [2.75, 3.05) is 62.5 Å². The summed E-state index contributed by atoms with van der Waals surface area (Å²) in [6.45, 7) is 14.8. The topological polar surface area (TPSA) is 60.0 Å². The van der Waals surface area contributed by atoms with Crippen LogP contribution in [0.3, 0.4) is 0 Å². The Hall–Kier alpha value is -2.22. The number of rotatable bonds is 8. The lowest BCUT2D eigenvalue weighted by Gasteiger charge is -2.35. The van der Waals surface area contributed by atoms with Crippen LogP contribution in [-0.4, -0.2) is 74.8 Å². The smallest absolute Gasteiger partial charge is 0.0983 e. The van der Waals surface area contributed by atoms with Crippen molar-refractivity contribution in [1.29, 1.82) is 0 Å². The third kappa shape index (κ3) is 6.22. The summed E-state index contributed by atoms with van der Waals surface area (Å²) in [6, 6.07) is 8.96. The average Bonchev–Trinajstić information content (AvgIpc) is 2.85. The summed E-state index contributed by atoms with van der Waals surface area (Å²) in [5.41, 5.74) is 4.50. The maximum atomic E-state index is 6.05. The molecule has 0 amide bonds. The molecule has 4 heterocycles. The molecule has 0 aromatic carbocycles. The van der Waals surface area contributed by atoms with Crippen LogP contribution in [-0.2, 0) is 14.2 Å². The van der Waals surface area contributed by atoms with Gasteiger partial charge in [0.25, 0.3) is 0 Å². The maximum absolute atomic E-state index is 6.05. The first-order chi connectivity index (χ1) is 16.0. The van der Waals surface area contributed by atoms with E-state index in [2.05, 4.69) is 66.7 Å². The lowest BCUT2D eigenvalue weighted by atomic mass is 10.1. The van der Waals surface area contributed by atoms with E-state index in [1.54, 1.807) is 0 Å². The van der Waals surface area contributed by atoms with Crippen LogP contribution in [0.15, 0.2) is 36.7 Å². The molecule has 3 atom stereocenters. The van der Waals surface area contributed by atoms with Gasteiger partial charge in [0.15, 0.2) is 0 Å². The van der Waals surface area contributed by atoms with Gasteiger partial charge in [0, 0.05) is 43.0 Å². The number of pyridine rings is 2. The van der Waals surface area contributed by atoms with Crippen molar-refractivity contribution >= 4 is 11.4 Å². The van der Waals surface area contributed by atoms with Gasteiger partial charge in [0.2, 0.25) is 0 Å². The van der Waals surface area contributed by atoms with Gasteiger partial charge in [0.05, 0.1) is 62.9 Å². The molecule has 2 saturated heterocycles. The van der Waals surface area contributed by atoms with Crippen LogP contribution >= 0.6 is 0 Å². The van der Waals surface area contributed by atoms with Gasteiger partial charge >= 0.3 is 0 Å². The number of nitrogens with zero attached hydrogens (tertiary/aromatic N) is 4. The average molecular weight is 455 g/mol. The lowest BCUT2D eigenvalue weighted by Crippen LogP contribution is -2.44. The minimum Gasteiger partial charge on any atom is -0.378 e. The zero-order chi connectivity index (χ0) is 23.2. The van der Waals surface area contributed by atoms with E-state index in [0.717, 1.165) is 55.6 Å². The highest BCUT2D eigenvalue weighted by Gasteiger charge is 2.22. The molecule has 0 bridgehead atoms. The van der Waals surface area contributed by atoms with E-state index >= 15 is 0 Å². The molecule has 7 nitrogen and oxygen atoms in total. The zero-order valence-electron chi connectivity index (χ0n) is 20.4. The molecule has 0 saturated carbocycles. The molecule has 2 fully saturated rings. The van der Waals surface area contributed by atoms with Crippen LogP contribution in [0, 0.1) is 0 Å². The molecular weight excluding hydrogens is 416 g/mol. The normalized spacial score (nSPS) is 22.6. The summed E-state index contributed by atoms with van der Waals surface area (Å²) in [7, 11) is 0. The van der Waals surface area contributed by atoms with Crippen molar-refractivity contribution in [3.05, 3.63) is 48.0 Å². The predicted octanol–water partition coefficient (Wildman–Crippen LogP) is 3.85.